The van der Waals surface area contributed by atoms with Gasteiger partial charge in [-0.05, 0) is 30.7 Å². The van der Waals surface area contributed by atoms with Crippen LogP contribution in [-0.4, -0.2) is 26.2 Å². The second kappa shape index (κ2) is 20.2. The van der Waals surface area contributed by atoms with Gasteiger partial charge in [-0.15, -0.1) is 0 Å². The molecule has 0 aliphatic heterocycles. The summed E-state index contributed by atoms with van der Waals surface area (Å²) in [5.41, 5.74) is 0. The average molecular weight is 434 g/mol. The molecule has 0 saturated carbocycles. The molecular formula is C27H47NO3. The molecule has 1 aromatic carbocycles. The molecule has 31 heavy (non-hydrogen) atoms. The largest absolute Gasteiger partial charge is 0.497 e. The van der Waals surface area contributed by atoms with Crippen LogP contribution in [0.5, 0.6) is 11.5 Å². The Balaban J connectivity index is 1.80. The van der Waals surface area contributed by atoms with Crippen LogP contribution < -0.4 is 14.8 Å². The second-order valence-electron chi connectivity index (χ2n) is 8.57. The Morgan fingerprint density at radius 1 is 0.710 bits per heavy atom. The van der Waals surface area contributed by atoms with E-state index in [2.05, 4.69) is 12.2 Å². The van der Waals surface area contributed by atoms with Gasteiger partial charge < -0.3 is 14.8 Å². The highest BCUT2D eigenvalue weighted by Crippen LogP contribution is 2.17. The molecule has 4 heteroatoms. The second-order valence-corrected chi connectivity index (χ2v) is 8.57. The summed E-state index contributed by atoms with van der Waals surface area (Å²) >= 11 is 0. The third-order valence-electron chi connectivity index (χ3n) is 5.76. The molecule has 1 amide bonds. The maximum atomic E-state index is 11.9. The van der Waals surface area contributed by atoms with Crippen molar-refractivity contribution in [3.63, 3.8) is 0 Å². The number of ether oxygens (including phenoxy) is 2. The minimum atomic E-state index is 0.132. The van der Waals surface area contributed by atoms with Crippen molar-refractivity contribution < 1.29 is 14.3 Å². The van der Waals surface area contributed by atoms with Gasteiger partial charge in [0.1, 0.15) is 18.1 Å². The molecule has 178 valence electrons. The van der Waals surface area contributed by atoms with Gasteiger partial charge in [-0.1, -0.05) is 96.8 Å². The molecule has 0 heterocycles. The molecule has 0 fully saturated rings. The first-order valence-corrected chi connectivity index (χ1v) is 12.8. The van der Waals surface area contributed by atoms with E-state index in [4.69, 9.17) is 9.47 Å². The van der Waals surface area contributed by atoms with Crippen molar-refractivity contribution in [2.24, 2.45) is 0 Å². The van der Waals surface area contributed by atoms with E-state index in [0.29, 0.717) is 19.6 Å². The van der Waals surface area contributed by atoms with Gasteiger partial charge in [0.15, 0.2) is 0 Å². The Morgan fingerprint density at radius 2 is 1.16 bits per heavy atom. The fourth-order valence-electron chi connectivity index (χ4n) is 3.78. The smallest absolute Gasteiger partial charge is 0.220 e. The van der Waals surface area contributed by atoms with Crippen molar-refractivity contribution in [1.29, 1.82) is 0 Å². The number of amides is 1. The molecule has 0 radical (unpaired) electrons. The summed E-state index contributed by atoms with van der Waals surface area (Å²) in [6, 6.07) is 7.47. The van der Waals surface area contributed by atoms with E-state index in [9.17, 15) is 4.79 Å². The summed E-state index contributed by atoms with van der Waals surface area (Å²) in [5, 5.41) is 2.94. The van der Waals surface area contributed by atoms with Gasteiger partial charge in [0, 0.05) is 6.42 Å². The first-order valence-electron chi connectivity index (χ1n) is 12.8. The topological polar surface area (TPSA) is 47.6 Å². The molecule has 0 atom stereocenters. The Morgan fingerprint density at radius 3 is 1.65 bits per heavy atom. The lowest BCUT2D eigenvalue weighted by Crippen LogP contribution is -2.27. The number of methoxy groups -OCH3 is 1. The number of carbonyl (C=O) groups excluding carboxylic acids is 1. The summed E-state index contributed by atoms with van der Waals surface area (Å²) in [7, 11) is 1.64. The molecule has 1 rings (SSSR count). The molecule has 0 bridgehead atoms. The Hall–Kier alpha value is -1.71. The number of rotatable bonds is 21. The lowest BCUT2D eigenvalue weighted by molar-refractivity contribution is -0.121. The first-order chi connectivity index (χ1) is 15.3. The van der Waals surface area contributed by atoms with Gasteiger partial charge in [0.25, 0.3) is 0 Å². The summed E-state index contributed by atoms with van der Waals surface area (Å²) in [6.07, 6.45) is 20.8. The van der Waals surface area contributed by atoms with Crippen LogP contribution in [0, 0.1) is 0 Å². The number of unbranched alkanes of at least 4 members (excludes halogenated alkanes) is 14. The number of nitrogens with one attached hydrogen (secondary N) is 1. The van der Waals surface area contributed by atoms with Crippen molar-refractivity contribution in [3.8, 4) is 11.5 Å². The van der Waals surface area contributed by atoms with E-state index in [1.165, 1.54) is 83.5 Å². The number of carbonyl (C=O) groups is 1. The predicted octanol–water partition coefficient (Wildman–Crippen LogP) is 7.45. The van der Waals surface area contributed by atoms with Crippen LogP contribution in [-0.2, 0) is 4.79 Å². The fraction of sp³-hybridized carbons (Fsp3) is 0.741. The average Bonchev–Trinajstić information content (AvgIpc) is 2.79. The van der Waals surface area contributed by atoms with Crippen molar-refractivity contribution in [1.82, 2.24) is 5.32 Å². The molecule has 4 nitrogen and oxygen atoms in total. The van der Waals surface area contributed by atoms with Crippen molar-refractivity contribution in [2.45, 2.75) is 110 Å². The molecule has 0 saturated heterocycles. The standard InChI is InChI=1S/C27H47NO3/c1-3-4-5-6-7-8-9-10-11-12-13-14-15-16-17-18-27(29)28-23-24-31-26-21-19-25(30-2)20-22-26/h19-22H,3-18,23-24H2,1-2H3,(H,28,29). The van der Waals surface area contributed by atoms with Gasteiger partial charge in [-0.3, -0.25) is 4.79 Å². The van der Waals surface area contributed by atoms with Gasteiger partial charge in [0.2, 0.25) is 5.91 Å². The molecule has 0 spiro atoms. The van der Waals surface area contributed by atoms with Crippen LogP contribution in [0.2, 0.25) is 0 Å². The molecule has 1 aromatic rings. The lowest BCUT2D eigenvalue weighted by Gasteiger charge is -2.08. The number of hydrogen-bond acceptors (Lipinski definition) is 3. The number of hydrogen-bond donors (Lipinski definition) is 1. The van der Waals surface area contributed by atoms with Gasteiger partial charge >= 0.3 is 0 Å². The van der Waals surface area contributed by atoms with E-state index in [1.54, 1.807) is 7.11 Å². The van der Waals surface area contributed by atoms with Crippen LogP contribution in [0.25, 0.3) is 0 Å². The SMILES string of the molecule is CCCCCCCCCCCCCCCCCC(=O)NCCOc1ccc(OC)cc1. The monoisotopic (exact) mass is 433 g/mol. The highest BCUT2D eigenvalue weighted by molar-refractivity contribution is 5.75. The van der Waals surface area contributed by atoms with Crippen LogP contribution in [0.15, 0.2) is 24.3 Å². The minimum absolute atomic E-state index is 0.132. The Kier molecular flexibility index (Phi) is 17.8. The molecule has 1 N–H and O–H groups in total. The van der Waals surface area contributed by atoms with E-state index >= 15 is 0 Å². The normalized spacial score (nSPS) is 10.8. The summed E-state index contributed by atoms with van der Waals surface area (Å²) in [6.45, 7) is 3.31. The molecule has 0 aliphatic rings. The van der Waals surface area contributed by atoms with E-state index in [1.807, 2.05) is 24.3 Å². The van der Waals surface area contributed by atoms with Crippen molar-refractivity contribution in [2.75, 3.05) is 20.3 Å². The summed E-state index contributed by atoms with van der Waals surface area (Å²) < 4.78 is 10.7. The van der Waals surface area contributed by atoms with E-state index in [-0.39, 0.29) is 5.91 Å². The van der Waals surface area contributed by atoms with Gasteiger partial charge in [-0.25, -0.2) is 0 Å². The molecular weight excluding hydrogens is 386 g/mol. The van der Waals surface area contributed by atoms with E-state index < -0.39 is 0 Å². The first kappa shape index (κ1) is 27.3. The summed E-state index contributed by atoms with van der Waals surface area (Å²) in [4.78, 5) is 11.9. The number of benzene rings is 1. The van der Waals surface area contributed by atoms with Gasteiger partial charge in [-0.2, -0.15) is 0 Å². The van der Waals surface area contributed by atoms with Crippen LogP contribution >= 0.6 is 0 Å². The zero-order chi connectivity index (χ0) is 22.4. The predicted molar refractivity (Wildman–Crippen MR) is 131 cm³/mol. The lowest BCUT2D eigenvalue weighted by atomic mass is 10.0. The van der Waals surface area contributed by atoms with Crippen LogP contribution in [0.1, 0.15) is 110 Å². The maximum absolute atomic E-state index is 11.9. The van der Waals surface area contributed by atoms with Crippen LogP contribution in [0.4, 0.5) is 0 Å². The summed E-state index contributed by atoms with van der Waals surface area (Å²) in [5.74, 6) is 1.73. The Labute approximate surface area is 191 Å². The quantitative estimate of drug-likeness (QED) is 0.205. The maximum Gasteiger partial charge on any atom is 0.220 e. The third kappa shape index (κ3) is 16.6. The van der Waals surface area contributed by atoms with Gasteiger partial charge in [0.05, 0.1) is 13.7 Å². The molecule has 0 aliphatic carbocycles. The molecule has 0 aromatic heterocycles. The highest BCUT2D eigenvalue weighted by atomic mass is 16.5. The van der Waals surface area contributed by atoms with Crippen molar-refractivity contribution in [3.05, 3.63) is 24.3 Å². The Bertz CT molecular complexity index is 530. The van der Waals surface area contributed by atoms with E-state index in [0.717, 1.165) is 24.3 Å². The zero-order valence-electron chi connectivity index (χ0n) is 20.3. The van der Waals surface area contributed by atoms with Crippen LogP contribution in [0.3, 0.4) is 0 Å². The van der Waals surface area contributed by atoms with Crippen molar-refractivity contribution >= 4 is 5.91 Å². The third-order valence-corrected chi connectivity index (χ3v) is 5.76. The fourth-order valence-corrected chi connectivity index (χ4v) is 3.78. The highest BCUT2D eigenvalue weighted by Gasteiger charge is 2.01. The molecule has 0 unspecified atom stereocenters. The minimum Gasteiger partial charge on any atom is -0.497 e. The zero-order valence-corrected chi connectivity index (χ0v) is 20.3.